The van der Waals surface area contributed by atoms with Gasteiger partial charge >= 0.3 is 0 Å². The Morgan fingerprint density at radius 1 is 1.46 bits per heavy atom. The summed E-state index contributed by atoms with van der Waals surface area (Å²) in [5.74, 6) is 1.84. The fourth-order valence-corrected chi connectivity index (χ4v) is 1.76. The Balaban J connectivity index is 2.44. The fourth-order valence-electron chi connectivity index (χ4n) is 1.76. The van der Waals surface area contributed by atoms with Crippen molar-refractivity contribution in [2.45, 2.75) is 45.3 Å². The molecule has 0 radical (unpaired) electrons. The molecular formula is C9H14FN3. The van der Waals surface area contributed by atoms with E-state index in [9.17, 15) is 4.39 Å². The molecule has 0 unspecified atom stereocenters. The van der Waals surface area contributed by atoms with E-state index in [1.54, 1.807) is 4.57 Å². The molecule has 0 aliphatic carbocycles. The third-order valence-corrected chi connectivity index (χ3v) is 2.43. The summed E-state index contributed by atoms with van der Waals surface area (Å²) in [5.41, 5.74) is 0. The predicted octanol–water partition coefficient (Wildman–Crippen LogP) is 2.21. The van der Waals surface area contributed by atoms with Crippen LogP contribution in [0.2, 0.25) is 0 Å². The first-order chi connectivity index (χ1) is 6.20. The second-order valence-corrected chi connectivity index (χ2v) is 3.83. The van der Waals surface area contributed by atoms with E-state index in [4.69, 9.17) is 0 Å². The maximum absolute atomic E-state index is 13.5. The quantitative estimate of drug-likeness (QED) is 0.668. The number of halogens is 1. The van der Waals surface area contributed by atoms with Gasteiger partial charge in [-0.1, -0.05) is 13.8 Å². The van der Waals surface area contributed by atoms with E-state index in [1.165, 1.54) is 0 Å². The molecule has 72 valence electrons. The van der Waals surface area contributed by atoms with Gasteiger partial charge in [0.1, 0.15) is 11.6 Å². The molecular weight excluding hydrogens is 169 g/mol. The molecule has 0 N–H and O–H groups in total. The van der Waals surface area contributed by atoms with Crippen molar-refractivity contribution in [1.29, 1.82) is 0 Å². The van der Waals surface area contributed by atoms with Crippen LogP contribution in [-0.2, 0) is 6.42 Å². The summed E-state index contributed by atoms with van der Waals surface area (Å²) in [6.45, 7) is 4.03. The highest BCUT2D eigenvalue weighted by molar-refractivity contribution is 5.03. The average molecular weight is 183 g/mol. The lowest BCUT2D eigenvalue weighted by atomic mass is 10.1. The first kappa shape index (κ1) is 8.66. The van der Waals surface area contributed by atoms with Crippen molar-refractivity contribution in [1.82, 2.24) is 14.8 Å². The first-order valence-corrected chi connectivity index (χ1v) is 4.78. The van der Waals surface area contributed by atoms with Crippen molar-refractivity contribution in [3.63, 3.8) is 0 Å². The van der Waals surface area contributed by atoms with E-state index in [-0.39, 0.29) is 5.92 Å². The number of fused-ring (bicyclic) bond motifs is 1. The average Bonchev–Trinajstić information content (AvgIpc) is 2.49. The van der Waals surface area contributed by atoms with Gasteiger partial charge in [-0.2, -0.15) is 0 Å². The second-order valence-electron chi connectivity index (χ2n) is 3.83. The lowest BCUT2D eigenvalue weighted by molar-refractivity contribution is 0.190. The molecule has 2 heterocycles. The number of rotatable bonds is 1. The van der Waals surface area contributed by atoms with Gasteiger partial charge in [-0.05, 0) is 12.8 Å². The van der Waals surface area contributed by atoms with Crippen LogP contribution in [0.25, 0.3) is 0 Å². The van der Waals surface area contributed by atoms with Crippen molar-refractivity contribution < 1.29 is 4.39 Å². The summed E-state index contributed by atoms with van der Waals surface area (Å²) in [4.78, 5) is 0. The number of hydrogen-bond acceptors (Lipinski definition) is 2. The molecule has 4 heteroatoms. The molecule has 1 aromatic rings. The van der Waals surface area contributed by atoms with E-state index >= 15 is 0 Å². The van der Waals surface area contributed by atoms with Crippen LogP contribution in [-0.4, -0.2) is 14.8 Å². The number of aromatic nitrogens is 3. The van der Waals surface area contributed by atoms with Gasteiger partial charge in [-0.25, -0.2) is 4.39 Å². The Hall–Kier alpha value is -0.930. The Morgan fingerprint density at radius 3 is 2.92 bits per heavy atom. The molecule has 1 aromatic heterocycles. The third kappa shape index (κ3) is 1.34. The third-order valence-electron chi connectivity index (χ3n) is 2.43. The van der Waals surface area contributed by atoms with E-state index in [0.717, 1.165) is 24.5 Å². The molecule has 13 heavy (non-hydrogen) atoms. The van der Waals surface area contributed by atoms with E-state index < -0.39 is 6.30 Å². The number of nitrogens with zero attached hydrogens (tertiary/aromatic N) is 3. The summed E-state index contributed by atoms with van der Waals surface area (Å²) < 4.78 is 15.2. The van der Waals surface area contributed by atoms with Crippen molar-refractivity contribution in [2.24, 2.45) is 0 Å². The maximum Gasteiger partial charge on any atom is 0.178 e. The monoisotopic (exact) mass is 183 g/mol. The summed E-state index contributed by atoms with van der Waals surface area (Å²) in [5, 5.41) is 8.02. The van der Waals surface area contributed by atoms with Gasteiger partial charge in [0.15, 0.2) is 6.30 Å². The highest BCUT2D eigenvalue weighted by Gasteiger charge is 2.24. The maximum atomic E-state index is 13.5. The van der Waals surface area contributed by atoms with Crippen molar-refractivity contribution in [2.75, 3.05) is 0 Å². The van der Waals surface area contributed by atoms with Crippen LogP contribution in [0.1, 0.15) is 50.6 Å². The largest absolute Gasteiger partial charge is 0.283 e. The number of aryl methyl sites for hydroxylation is 1. The van der Waals surface area contributed by atoms with Crippen LogP contribution in [0, 0.1) is 0 Å². The zero-order valence-corrected chi connectivity index (χ0v) is 8.00. The zero-order chi connectivity index (χ0) is 9.42. The molecule has 0 saturated heterocycles. The van der Waals surface area contributed by atoms with Crippen LogP contribution >= 0.6 is 0 Å². The fraction of sp³-hybridized carbons (Fsp3) is 0.778. The smallest absolute Gasteiger partial charge is 0.178 e. The van der Waals surface area contributed by atoms with Gasteiger partial charge < -0.3 is 0 Å². The molecule has 0 amide bonds. The van der Waals surface area contributed by atoms with Gasteiger partial charge in [-0.15, -0.1) is 10.2 Å². The summed E-state index contributed by atoms with van der Waals surface area (Å²) in [6.07, 6.45) is 1.44. The topological polar surface area (TPSA) is 30.7 Å². The molecule has 0 bridgehead atoms. The zero-order valence-electron chi connectivity index (χ0n) is 8.00. The summed E-state index contributed by atoms with van der Waals surface area (Å²) >= 11 is 0. The Bertz CT molecular complexity index is 306. The number of hydrogen-bond donors (Lipinski definition) is 0. The SMILES string of the molecule is CC(C)c1nnc2n1[C@H](F)CCC2. The first-order valence-electron chi connectivity index (χ1n) is 4.78. The molecule has 0 spiro atoms. The number of alkyl halides is 1. The van der Waals surface area contributed by atoms with E-state index in [2.05, 4.69) is 10.2 Å². The molecule has 2 rings (SSSR count). The lowest BCUT2D eigenvalue weighted by Crippen LogP contribution is -2.17. The lowest BCUT2D eigenvalue weighted by Gasteiger charge is -2.20. The van der Waals surface area contributed by atoms with Crippen LogP contribution in [0.3, 0.4) is 0 Å². The van der Waals surface area contributed by atoms with E-state index in [1.807, 2.05) is 13.8 Å². The van der Waals surface area contributed by atoms with Crippen LogP contribution in [0.15, 0.2) is 0 Å². The van der Waals surface area contributed by atoms with Crippen LogP contribution in [0.4, 0.5) is 4.39 Å². The standard InChI is InChI=1S/C9H14FN3/c1-6(2)9-12-11-8-5-3-4-7(10)13(8)9/h6-7H,3-5H2,1-2H3/t7-/m0/s1. The van der Waals surface area contributed by atoms with Crippen LogP contribution in [0.5, 0.6) is 0 Å². The van der Waals surface area contributed by atoms with Gasteiger partial charge in [0.05, 0.1) is 0 Å². The Labute approximate surface area is 77.0 Å². The van der Waals surface area contributed by atoms with Crippen LogP contribution < -0.4 is 0 Å². The molecule has 3 nitrogen and oxygen atoms in total. The second kappa shape index (κ2) is 3.09. The van der Waals surface area contributed by atoms with E-state index in [0.29, 0.717) is 6.42 Å². The molecule has 0 aromatic carbocycles. The van der Waals surface area contributed by atoms with Crippen molar-refractivity contribution in [3.05, 3.63) is 11.6 Å². The minimum atomic E-state index is -0.906. The summed E-state index contributed by atoms with van der Waals surface area (Å²) in [6, 6.07) is 0. The molecule has 1 atom stereocenters. The minimum Gasteiger partial charge on any atom is -0.283 e. The highest BCUT2D eigenvalue weighted by atomic mass is 19.1. The normalized spacial score (nSPS) is 22.0. The summed E-state index contributed by atoms with van der Waals surface area (Å²) in [7, 11) is 0. The predicted molar refractivity (Wildman–Crippen MR) is 47.2 cm³/mol. The van der Waals surface area contributed by atoms with Crippen molar-refractivity contribution >= 4 is 0 Å². The van der Waals surface area contributed by atoms with Gasteiger partial charge in [0, 0.05) is 12.3 Å². The Kier molecular flexibility index (Phi) is 2.06. The minimum absolute atomic E-state index is 0.248. The molecule has 1 aliphatic rings. The highest BCUT2D eigenvalue weighted by Crippen LogP contribution is 2.28. The van der Waals surface area contributed by atoms with Crippen molar-refractivity contribution in [3.8, 4) is 0 Å². The van der Waals surface area contributed by atoms with Gasteiger partial charge in [0.2, 0.25) is 0 Å². The van der Waals surface area contributed by atoms with Gasteiger partial charge in [-0.3, -0.25) is 4.57 Å². The molecule has 0 fully saturated rings. The van der Waals surface area contributed by atoms with Gasteiger partial charge in [0.25, 0.3) is 0 Å². The molecule has 1 aliphatic heterocycles. The molecule has 0 saturated carbocycles. The Morgan fingerprint density at radius 2 is 2.23 bits per heavy atom.